The zero-order valence-corrected chi connectivity index (χ0v) is 22.7. The van der Waals surface area contributed by atoms with Crippen molar-refractivity contribution >= 4 is 23.5 Å². The van der Waals surface area contributed by atoms with E-state index < -0.39 is 29.4 Å². The molecule has 0 aliphatic carbocycles. The number of amides is 2. The molecule has 206 valence electrons. The molecule has 0 aromatic heterocycles. The molecule has 2 amide bonds. The topological polar surface area (TPSA) is 119 Å². The smallest absolute Gasteiger partial charge is 0.342 e. The summed E-state index contributed by atoms with van der Waals surface area (Å²) in [7, 11) is 1.60. The molecular weight excluding hydrogens is 492 g/mol. The highest BCUT2D eigenvalue weighted by Gasteiger charge is 2.53. The Balaban J connectivity index is 2.03. The van der Waals surface area contributed by atoms with E-state index in [1.807, 2.05) is 60.7 Å². The third-order valence-electron chi connectivity index (χ3n) is 6.60. The van der Waals surface area contributed by atoms with Crippen molar-refractivity contribution < 1.29 is 19.1 Å². The number of carbonyl (C=O) groups excluding carboxylic acids is 3. The lowest BCUT2D eigenvalue weighted by Crippen LogP contribution is -2.66. The first kappa shape index (κ1) is 29.5. The molecule has 0 saturated heterocycles. The lowest BCUT2D eigenvalue weighted by Gasteiger charge is -2.41. The van der Waals surface area contributed by atoms with Gasteiger partial charge in [0.15, 0.2) is 0 Å². The minimum atomic E-state index is -2.03. The number of anilines is 1. The van der Waals surface area contributed by atoms with E-state index in [1.165, 1.54) is 16.7 Å². The Labute approximate surface area is 230 Å². The maximum atomic E-state index is 14.2. The molecule has 2 atom stereocenters. The molecule has 0 aliphatic heterocycles. The summed E-state index contributed by atoms with van der Waals surface area (Å²) in [5, 5.41) is 0. The number of para-hydroxylation sites is 1. The maximum Gasteiger partial charge on any atom is 0.342 e. The number of esters is 1. The van der Waals surface area contributed by atoms with Crippen molar-refractivity contribution in [3.05, 3.63) is 102 Å². The first-order valence-corrected chi connectivity index (χ1v) is 13.1. The number of likely N-dealkylation sites (N-methyl/N-ethyl adjacent to an activating group) is 1. The second-order valence-corrected chi connectivity index (χ2v) is 9.68. The summed E-state index contributed by atoms with van der Waals surface area (Å²) in [6, 6.07) is 26.3. The molecule has 39 heavy (non-hydrogen) atoms. The number of rotatable bonds is 13. The molecule has 8 heteroatoms. The SMILES string of the molecule is CN(Cc1ccccc1)C(=O)[C@@](C)(C(=O)OCc1ccccc1)N(C(=O)[C@@H](N)CCCCN)c1ccccc1. The third kappa shape index (κ3) is 7.52. The van der Waals surface area contributed by atoms with Crippen molar-refractivity contribution in [2.24, 2.45) is 11.5 Å². The molecule has 0 bridgehead atoms. The van der Waals surface area contributed by atoms with Crippen LogP contribution in [0.25, 0.3) is 0 Å². The van der Waals surface area contributed by atoms with Gasteiger partial charge in [0.25, 0.3) is 5.91 Å². The van der Waals surface area contributed by atoms with E-state index in [-0.39, 0.29) is 13.2 Å². The molecule has 0 radical (unpaired) electrons. The normalized spacial score (nSPS) is 13.1. The number of ether oxygens (including phenoxy) is 1. The van der Waals surface area contributed by atoms with Crippen LogP contribution in [-0.2, 0) is 32.3 Å². The quantitative estimate of drug-likeness (QED) is 0.198. The fourth-order valence-corrected chi connectivity index (χ4v) is 4.42. The van der Waals surface area contributed by atoms with Crippen LogP contribution < -0.4 is 16.4 Å². The summed E-state index contributed by atoms with van der Waals surface area (Å²) < 4.78 is 5.71. The summed E-state index contributed by atoms with van der Waals surface area (Å²) in [5.41, 5.74) is 12.0. The number of carbonyl (C=O) groups is 3. The molecular formula is C31H38N4O4. The van der Waals surface area contributed by atoms with Gasteiger partial charge in [0.2, 0.25) is 11.4 Å². The van der Waals surface area contributed by atoms with Crippen molar-refractivity contribution in [2.75, 3.05) is 18.5 Å². The summed E-state index contributed by atoms with van der Waals surface area (Å²) in [6.45, 7) is 2.10. The van der Waals surface area contributed by atoms with Crippen LogP contribution in [0.1, 0.15) is 37.3 Å². The lowest BCUT2D eigenvalue weighted by atomic mass is 9.94. The summed E-state index contributed by atoms with van der Waals surface area (Å²) in [4.78, 5) is 44.7. The van der Waals surface area contributed by atoms with E-state index in [1.54, 1.807) is 37.4 Å². The van der Waals surface area contributed by atoms with Crippen molar-refractivity contribution in [3.8, 4) is 0 Å². The van der Waals surface area contributed by atoms with Crippen molar-refractivity contribution in [1.29, 1.82) is 0 Å². The zero-order chi connectivity index (χ0) is 28.3. The molecule has 3 aromatic rings. The molecule has 0 heterocycles. The Morgan fingerprint density at radius 2 is 1.38 bits per heavy atom. The number of unbranched alkanes of at least 4 members (excludes halogenated alkanes) is 1. The van der Waals surface area contributed by atoms with E-state index in [4.69, 9.17) is 16.2 Å². The van der Waals surface area contributed by atoms with Gasteiger partial charge in [0.05, 0.1) is 6.04 Å². The highest BCUT2D eigenvalue weighted by atomic mass is 16.5. The molecule has 0 fully saturated rings. The maximum absolute atomic E-state index is 14.2. The Morgan fingerprint density at radius 3 is 1.95 bits per heavy atom. The van der Waals surface area contributed by atoms with Gasteiger partial charge in [-0.1, -0.05) is 85.3 Å². The zero-order valence-electron chi connectivity index (χ0n) is 22.7. The van der Waals surface area contributed by atoms with Crippen LogP contribution in [-0.4, -0.2) is 47.9 Å². The number of nitrogens with zero attached hydrogens (tertiary/aromatic N) is 2. The van der Waals surface area contributed by atoms with Gasteiger partial charge in [0.1, 0.15) is 6.61 Å². The van der Waals surface area contributed by atoms with E-state index in [2.05, 4.69) is 0 Å². The van der Waals surface area contributed by atoms with E-state index >= 15 is 0 Å². The van der Waals surface area contributed by atoms with Crippen LogP contribution in [0.3, 0.4) is 0 Å². The second kappa shape index (κ2) is 14.2. The van der Waals surface area contributed by atoms with Crippen LogP contribution in [0.15, 0.2) is 91.0 Å². The van der Waals surface area contributed by atoms with Gasteiger partial charge in [0, 0.05) is 19.3 Å². The van der Waals surface area contributed by atoms with Crippen LogP contribution in [0.5, 0.6) is 0 Å². The first-order chi connectivity index (χ1) is 18.8. The van der Waals surface area contributed by atoms with E-state index in [0.717, 1.165) is 11.1 Å². The van der Waals surface area contributed by atoms with Gasteiger partial charge in [-0.3, -0.25) is 14.5 Å². The first-order valence-electron chi connectivity index (χ1n) is 13.1. The number of hydrogen-bond donors (Lipinski definition) is 2. The minimum absolute atomic E-state index is 0.0513. The molecule has 0 aliphatic rings. The Bertz CT molecular complexity index is 1210. The number of benzene rings is 3. The van der Waals surface area contributed by atoms with Gasteiger partial charge in [-0.25, -0.2) is 4.79 Å². The van der Waals surface area contributed by atoms with Crippen molar-refractivity contribution in [3.63, 3.8) is 0 Å². The molecule has 8 nitrogen and oxygen atoms in total. The lowest BCUT2D eigenvalue weighted by molar-refractivity contribution is -0.159. The predicted octanol–water partition coefficient (Wildman–Crippen LogP) is 3.64. The fourth-order valence-electron chi connectivity index (χ4n) is 4.42. The molecule has 0 unspecified atom stereocenters. The summed E-state index contributed by atoms with van der Waals surface area (Å²) in [6.07, 6.45) is 1.72. The summed E-state index contributed by atoms with van der Waals surface area (Å²) in [5.74, 6) is -1.97. The number of hydrogen-bond acceptors (Lipinski definition) is 6. The van der Waals surface area contributed by atoms with Gasteiger partial charge in [-0.2, -0.15) is 0 Å². The molecule has 3 rings (SSSR count). The Kier molecular flexibility index (Phi) is 10.8. The van der Waals surface area contributed by atoms with Crippen molar-refractivity contribution in [1.82, 2.24) is 4.90 Å². The third-order valence-corrected chi connectivity index (χ3v) is 6.60. The van der Waals surface area contributed by atoms with Gasteiger partial charge in [-0.15, -0.1) is 0 Å². The largest absolute Gasteiger partial charge is 0.459 e. The standard InChI is InChI=1S/C31H38N4O4/c1-31(30(38)39-23-25-16-8-4-9-17-25,29(37)34(2)22-24-14-6-3-7-15-24)35(26-18-10-5-11-19-26)28(36)27(33)20-12-13-21-32/h3-11,14-19,27H,12-13,20-23,32-33H2,1-2H3/t27-,31-/m0/s1. The van der Waals surface area contributed by atoms with Crippen LogP contribution in [0, 0.1) is 0 Å². The second-order valence-electron chi connectivity index (χ2n) is 9.68. The minimum Gasteiger partial charge on any atom is -0.459 e. The monoisotopic (exact) mass is 530 g/mol. The molecule has 4 N–H and O–H groups in total. The van der Waals surface area contributed by atoms with Gasteiger partial charge >= 0.3 is 5.97 Å². The predicted molar refractivity (Wildman–Crippen MR) is 152 cm³/mol. The highest BCUT2D eigenvalue weighted by Crippen LogP contribution is 2.30. The fraction of sp³-hybridized carbons (Fsp3) is 0.323. The Morgan fingerprint density at radius 1 is 0.846 bits per heavy atom. The van der Waals surface area contributed by atoms with Crippen LogP contribution >= 0.6 is 0 Å². The molecule has 0 saturated carbocycles. The Hall–Kier alpha value is -4.01. The average molecular weight is 531 g/mol. The van der Waals surface area contributed by atoms with Crippen LogP contribution in [0.2, 0.25) is 0 Å². The molecule has 0 spiro atoms. The van der Waals surface area contributed by atoms with E-state index in [0.29, 0.717) is 31.5 Å². The van der Waals surface area contributed by atoms with E-state index in [9.17, 15) is 14.4 Å². The van der Waals surface area contributed by atoms with Gasteiger partial charge < -0.3 is 21.1 Å². The van der Waals surface area contributed by atoms with Crippen molar-refractivity contribution in [2.45, 2.75) is 50.9 Å². The highest BCUT2D eigenvalue weighted by molar-refractivity contribution is 6.17. The van der Waals surface area contributed by atoms with Crippen LogP contribution in [0.4, 0.5) is 5.69 Å². The molecule has 3 aromatic carbocycles. The number of nitrogens with two attached hydrogens (primary N) is 2. The average Bonchev–Trinajstić information content (AvgIpc) is 2.97. The van der Waals surface area contributed by atoms with Gasteiger partial charge in [-0.05, 0) is 49.6 Å². The summed E-state index contributed by atoms with van der Waals surface area (Å²) >= 11 is 0.